The highest BCUT2D eigenvalue weighted by Gasteiger charge is 2.16. The van der Waals surface area contributed by atoms with Crippen molar-refractivity contribution in [3.8, 4) is 17.2 Å². The van der Waals surface area contributed by atoms with Crippen molar-refractivity contribution in [1.29, 1.82) is 0 Å². The summed E-state index contributed by atoms with van der Waals surface area (Å²) in [6, 6.07) is 10.7. The summed E-state index contributed by atoms with van der Waals surface area (Å²) in [5.74, 6) is 1.16. The van der Waals surface area contributed by atoms with Crippen molar-refractivity contribution in [3.63, 3.8) is 0 Å². The molecule has 0 aliphatic rings. The summed E-state index contributed by atoms with van der Waals surface area (Å²) in [5, 5.41) is 7.60. The summed E-state index contributed by atoms with van der Waals surface area (Å²) in [4.78, 5) is 12.4. The Hall–Kier alpha value is -3.22. The lowest BCUT2D eigenvalue weighted by atomic mass is 10.1. The van der Waals surface area contributed by atoms with E-state index in [0.29, 0.717) is 34.2 Å². The molecule has 7 heteroatoms. The molecule has 1 aromatic heterocycles. The molecule has 0 aliphatic heterocycles. The fourth-order valence-corrected chi connectivity index (χ4v) is 2.58. The SMILES string of the molecule is COc1cc(NC(=O)Cc2noc3ccccc23)cc(OC)c1OC. The van der Waals surface area contributed by atoms with E-state index >= 15 is 0 Å². The first-order valence-corrected chi connectivity index (χ1v) is 7.59. The summed E-state index contributed by atoms with van der Waals surface area (Å²) in [5.41, 5.74) is 1.77. The van der Waals surface area contributed by atoms with Crippen molar-refractivity contribution >= 4 is 22.6 Å². The first-order chi connectivity index (χ1) is 12.2. The fourth-order valence-electron chi connectivity index (χ4n) is 2.58. The Morgan fingerprint density at radius 3 is 2.40 bits per heavy atom. The van der Waals surface area contributed by atoms with Gasteiger partial charge in [-0.2, -0.15) is 0 Å². The quantitative estimate of drug-likeness (QED) is 0.741. The number of benzene rings is 2. The first kappa shape index (κ1) is 16.6. The van der Waals surface area contributed by atoms with E-state index in [4.69, 9.17) is 18.7 Å². The van der Waals surface area contributed by atoms with E-state index in [1.54, 1.807) is 12.1 Å². The molecule has 0 saturated carbocycles. The van der Waals surface area contributed by atoms with Gasteiger partial charge in [0.15, 0.2) is 17.1 Å². The summed E-state index contributed by atoms with van der Waals surface area (Å²) in [6.45, 7) is 0. The van der Waals surface area contributed by atoms with E-state index in [9.17, 15) is 4.79 Å². The van der Waals surface area contributed by atoms with Crippen LogP contribution in [-0.4, -0.2) is 32.4 Å². The van der Waals surface area contributed by atoms with Gasteiger partial charge in [-0.25, -0.2) is 0 Å². The van der Waals surface area contributed by atoms with Gasteiger partial charge in [0.05, 0.1) is 27.8 Å². The molecule has 0 atom stereocenters. The van der Waals surface area contributed by atoms with Crippen LogP contribution < -0.4 is 19.5 Å². The summed E-state index contributed by atoms with van der Waals surface area (Å²) >= 11 is 0. The van der Waals surface area contributed by atoms with Crippen molar-refractivity contribution in [1.82, 2.24) is 5.16 Å². The average Bonchev–Trinajstić information content (AvgIpc) is 3.03. The van der Waals surface area contributed by atoms with Gasteiger partial charge in [0.25, 0.3) is 0 Å². The molecule has 25 heavy (non-hydrogen) atoms. The normalized spacial score (nSPS) is 10.5. The number of amides is 1. The van der Waals surface area contributed by atoms with Crippen LogP contribution in [0.2, 0.25) is 0 Å². The predicted octanol–water partition coefficient (Wildman–Crippen LogP) is 3.03. The fraction of sp³-hybridized carbons (Fsp3) is 0.222. The molecule has 0 bridgehead atoms. The van der Waals surface area contributed by atoms with Crippen LogP contribution in [0.4, 0.5) is 5.69 Å². The Balaban J connectivity index is 1.81. The van der Waals surface area contributed by atoms with Crippen molar-refractivity contribution in [2.45, 2.75) is 6.42 Å². The third-order valence-corrected chi connectivity index (χ3v) is 3.73. The Morgan fingerprint density at radius 2 is 1.76 bits per heavy atom. The Morgan fingerprint density at radius 1 is 1.08 bits per heavy atom. The standard InChI is InChI=1S/C18H18N2O5/c1-22-15-8-11(9-16(23-2)18(15)24-3)19-17(21)10-13-12-6-4-5-7-14(12)25-20-13/h4-9H,10H2,1-3H3,(H,19,21). The number of nitrogens with one attached hydrogen (secondary N) is 1. The minimum atomic E-state index is -0.228. The maximum atomic E-state index is 12.4. The Bertz CT molecular complexity index is 878. The van der Waals surface area contributed by atoms with Crippen LogP contribution in [0.1, 0.15) is 5.69 Å². The number of para-hydroxylation sites is 1. The molecule has 0 unspecified atom stereocenters. The van der Waals surface area contributed by atoms with E-state index in [0.717, 1.165) is 5.39 Å². The third-order valence-electron chi connectivity index (χ3n) is 3.73. The van der Waals surface area contributed by atoms with Crippen molar-refractivity contribution in [2.24, 2.45) is 0 Å². The molecule has 0 radical (unpaired) electrons. The van der Waals surface area contributed by atoms with Crippen LogP contribution in [0.15, 0.2) is 40.9 Å². The lowest BCUT2D eigenvalue weighted by Crippen LogP contribution is -2.15. The maximum Gasteiger partial charge on any atom is 0.230 e. The predicted molar refractivity (Wildman–Crippen MR) is 92.4 cm³/mol. The van der Waals surface area contributed by atoms with Gasteiger partial charge in [-0.1, -0.05) is 17.3 Å². The molecule has 3 rings (SSSR count). The molecular weight excluding hydrogens is 324 g/mol. The molecule has 130 valence electrons. The Labute approximate surface area is 144 Å². The van der Waals surface area contributed by atoms with E-state index in [1.165, 1.54) is 21.3 Å². The highest BCUT2D eigenvalue weighted by molar-refractivity contribution is 5.95. The van der Waals surface area contributed by atoms with Crippen LogP contribution in [0.3, 0.4) is 0 Å². The van der Waals surface area contributed by atoms with Crippen LogP contribution in [0.25, 0.3) is 11.0 Å². The number of hydrogen-bond donors (Lipinski definition) is 1. The van der Waals surface area contributed by atoms with Crippen LogP contribution in [0.5, 0.6) is 17.2 Å². The second kappa shape index (κ2) is 7.12. The number of aromatic nitrogens is 1. The number of hydrogen-bond acceptors (Lipinski definition) is 6. The van der Waals surface area contributed by atoms with Gasteiger partial charge < -0.3 is 24.1 Å². The maximum absolute atomic E-state index is 12.4. The van der Waals surface area contributed by atoms with Gasteiger partial charge in [0.2, 0.25) is 11.7 Å². The van der Waals surface area contributed by atoms with Crippen LogP contribution in [0, 0.1) is 0 Å². The largest absolute Gasteiger partial charge is 0.493 e. The average molecular weight is 342 g/mol. The number of anilines is 1. The minimum Gasteiger partial charge on any atom is -0.493 e. The minimum absolute atomic E-state index is 0.0909. The first-order valence-electron chi connectivity index (χ1n) is 7.59. The molecule has 0 fully saturated rings. The molecule has 2 aromatic carbocycles. The molecule has 0 spiro atoms. The zero-order chi connectivity index (χ0) is 17.8. The number of methoxy groups -OCH3 is 3. The van der Waals surface area contributed by atoms with E-state index in [1.807, 2.05) is 24.3 Å². The van der Waals surface area contributed by atoms with Gasteiger partial charge in [0.1, 0.15) is 5.69 Å². The van der Waals surface area contributed by atoms with Crippen LogP contribution in [-0.2, 0) is 11.2 Å². The van der Waals surface area contributed by atoms with Crippen molar-refractivity contribution in [3.05, 3.63) is 42.1 Å². The number of fused-ring (bicyclic) bond motifs is 1. The number of ether oxygens (including phenoxy) is 3. The molecule has 7 nitrogen and oxygen atoms in total. The monoisotopic (exact) mass is 342 g/mol. The molecule has 1 heterocycles. The molecule has 0 saturated heterocycles. The number of nitrogens with zero attached hydrogens (tertiary/aromatic N) is 1. The summed E-state index contributed by atoms with van der Waals surface area (Å²) in [7, 11) is 4.56. The molecule has 3 aromatic rings. The zero-order valence-electron chi connectivity index (χ0n) is 14.2. The van der Waals surface area contributed by atoms with Gasteiger partial charge >= 0.3 is 0 Å². The van der Waals surface area contributed by atoms with Gasteiger partial charge in [-0.15, -0.1) is 0 Å². The van der Waals surface area contributed by atoms with E-state index in [-0.39, 0.29) is 12.3 Å². The highest BCUT2D eigenvalue weighted by Crippen LogP contribution is 2.39. The third kappa shape index (κ3) is 3.35. The van der Waals surface area contributed by atoms with Gasteiger partial charge in [0, 0.05) is 23.2 Å². The molecule has 0 aliphatic carbocycles. The second-order valence-corrected chi connectivity index (χ2v) is 5.26. The second-order valence-electron chi connectivity index (χ2n) is 5.26. The van der Waals surface area contributed by atoms with E-state index in [2.05, 4.69) is 10.5 Å². The lowest BCUT2D eigenvalue weighted by molar-refractivity contribution is -0.115. The molecule has 1 N–H and O–H groups in total. The smallest absolute Gasteiger partial charge is 0.230 e. The molecule has 1 amide bonds. The Kier molecular flexibility index (Phi) is 4.74. The van der Waals surface area contributed by atoms with Gasteiger partial charge in [-0.05, 0) is 12.1 Å². The summed E-state index contributed by atoms with van der Waals surface area (Å²) in [6.07, 6.45) is 0.0909. The number of carbonyl (C=O) groups excluding carboxylic acids is 1. The van der Waals surface area contributed by atoms with Gasteiger partial charge in [-0.3, -0.25) is 4.79 Å². The number of carbonyl (C=O) groups is 1. The van der Waals surface area contributed by atoms with E-state index < -0.39 is 0 Å². The topological polar surface area (TPSA) is 82.8 Å². The highest BCUT2D eigenvalue weighted by atomic mass is 16.5. The number of rotatable bonds is 6. The molecular formula is C18H18N2O5. The van der Waals surface area contributed by atoms with Crippen molar-refractivity contribution in [2.75, 3.05) is 26.6 Å². The summed E-state index contributed by atoms with van der Waals surface area (Å²) < 4.78 is 21.0. The zero-order valence-corrected chi connectivity index (χ0v) is 14.2. The lowest BCUT2D eigenvalue weighted by Gasteiger charge is -2.14. The van der Waals surface area contributed by atoms with Crippen molar-refractivity contribution < 1.29 is 23.5 Å². The van der Waals surface area contributed by atoms with Crippen LogP contribution >= 0.6 is 0 Å².